The van der Waals surface area contributed by atoms with Crippen LogP contribution in [0.5, 0.6) is 0 Å². The number of pyridine rings is 2. The number of fused-ring (bicyclic) bond motifs is 2. The predicted molar refractivity (Wildman–Crippen MR) is 118 cm³/mol. The maximum Gasteiger partial charge on any atom is 0.223 e. The highest BCUT2D eigenvalue weighted by molar-refractivity contribution is 7.91. The van der Waals surface area contributed by atoms with E-state index in [9.17, 15) is 13.2 Å². The number of aromatic nitrogens is 2. The molecule has 0 aromatic carbocycles. The Labute approximate surface area is 183 Å². The van der Waals surface area contributed by atoms with Crippen LogP contribution in [0.2, 0.25) is 0 Å². The molecule has 2 unspecified atom stereocenters. The summed E-state index contributed by atoms with van der Waals surface area (Å²) in [6.45, 7) is 3.28. The summed E-state index contributed by atoms with van der Waals surface area (Å²) in [6.07, 6.45) is 7.67. The smallest absolute Gasteiger partial charge is 0.223 e. The standard InChI is InChI=1S/C23H28N4O3S/c1-16-2-7-22(25-13-16)27-18-5-6-19(27)15-26(14-18)23(28)9-11-31(29,30)20-8-10-24-21(12-20)17-3-4-17/h2,7-8,10,12-13,17-19H,3-6,9,11,14-15H2,1H3. The fourth-order valence-electron chi connectivity index (χ4n) is 4.81. The van der Waals surface area contributed by atoms with Crippen LogP contribution >= 0.6 is 0 Å². The van der Waals surface area contributed by atoms with Crippen molar-refractivity contribution in [3.05, 3.63) is 47.9 Å². The van der Waals surface area contributed by atoms with Crippen LogP contribution in [0.3, 0.4) is 0 Å². The van der Waals surface area contributed by atoms with Gasteiger partial charge in [0, 0.05) is 55.6 Å². The van der Waals surface area contributed by atoms with Crippen molar-refractivity contribution in [1.82, 2.24) is 14.9 Å². The predicted octanol–water partition coefficient (Wildman–Crippen LogP) is 2.71. The molecule has 2 bridgehead atoms. The number of piperazine rings is 1. The second-order valence-corrected chi connectivity index (χ2v) is 11.2. The molecule has 0 spiro atoms. The van der Waals surface area contributed by atoms with Crippen molar-refractivity contribution in [2.75, 3.05) is 23.7 Å². The highest BCUT2D eigenvalue weighted by atomic mass is 32.2. The minimum absolute atomic E-state index is 0.0195. The zero-order valence-electron chi connectivity index (χ0n) is 17.8. The zero-order chi connectivity index (χ0) is 21.6. The molecule has 2 aromatic rings. The van der Waals surface area contributed by atoms with Gasteiger partial charge in [-0.15, -0.1) is 0 Å². The van der Waals surface area contributed by atoms with Gasteiger partial charge in [0.1, 0.15) is 5.82 Å². The Morgan fingerprint density at radius 1 is 1.06 bits per heavy atom. The average molecular weight is 441 g/mol. The first-order valence-electron chi connectivity index (χ1n) is 11.1. The molecule has 31 heavy (non-hydrogen) atoms. The van der Waals surface area contributed by atoms with Crippen LogP contribution < -0.4 is 4.90 Å². The van der Waals surface area contributed by atoms with Gasteiger partial charge in [0.25, 0.3) is 0 Å². The molecule has 5 rings (SSSR count). The number of sulfone groups is 1. The van der Waals surface area contributed by atoms with Crippen LogP contribution in [0.25, 0.3) is 0 Å². The molecule has 1 saturated carbocycles. The Morgan fingerprint density at radius 2 is 1.81 bits per heavy atom. The number of amides is 1. The van der Waals surface area contributed by atoms with Gasteiger partial charge in [-0.05, 0) is 56.4 Å². The molecular weight excluding hydrogens is 412 g/mol. The number of anilines is 1. The van der Waals surface area contributed by atoms with Crippen molar-refractivity contribution in [1.29, 1.82) is 0 Å². The van der Waals surface area contributed by atoms with E-state index in [0.29, 0.717) is 19.0 Å². The lowest BCUT2D eigenvalue weighted by molar-refractivity contribution is -0.131. The lowest BCUT2D eigenvalue weighted by Crippen LogP contribution is -2.55. The van der Waals surface area contributed by atoms with E-state index in [1.807, 2.05) is 18.0 Å². The number of carbonyl (C=O) groups is 1. The first-order chi connectivity index (χ1) is 14.9. The van der Waals surface area contributed by atoms with Gasteiger partial charge in [-0.3, -0.25) is 9.78 Å². The molecule has 0 N–H and O–H groups in total. The monoisotopic (exact) mass is 440 g/mol. The van der Waals surface area contributed by atoms with Gasteiger partial charge in [-0.25, -0.2) is 13.4 Å². The highest BCUT2D eigenvalue weighted by Gasteiger charge is 2.42. The van der Waals surface area contributed by atoms with E-state index in [0.717, 1.165) is 42.8 Å². The zero-order valence-corrected chi connectivity index (χ0v) is 18.6. The number of nitrogens with zero attached hydrogens (tertiary/aromatic N) is 4. The van der Waals surface area contributed by atoms with Gasteiger partial charge in [0.2, 0.25) is 5.91 Å². The number of carbonyl (C=O) groups excluding carboxylic acids is 1. The molecule has 2 atom stereocenters. The third-order valence-electron chi connectivity index (χ3n) is 6.69. The summed E-state index contributed by atoms with van der Waals surface area (Å²) >= 11 is 0. The minimum Gasteiger partial charge on any atom is -0.347 e. The van der Waals surface area contributed by atoms with Gasteiger partial charge in [0.15, 0.2) is 9.84 Å². The lowest BCUT2D eigenvalue weighted by atomic mass is 10.1. The number of aryl methyl sites for hydroxylation is 1. The Bertz CT molecular complexity index is 1070. The van der Waals surface area contributed by atoms with Gasteiger partial charge < -0.3 is 9.80 Å². The summed E-state index contributed by atoms with van der Waals surface area (Å²) in [5.41, 5.74) is 1.98. The minimum atomic E-state index is -3.50. The van der Waals surface area contributed by atoms with Crippen LogP contribution in [0.15, 0.2) is 41.6 Å². The fraction of sp³-hybridized carbons (Fsp3) is 0.522. The van der Waals surface area contributed by atoms with Gasteiger partial charge >= 0.3 is 0 Å². The van der Waals surface area contributed by atoms with E-state index in [1.165, 1.54) is 0 Å². The van der Waals surface area contributed by atoms with Crippen molar-refractivity contribution in [2.24, 2.45) is 0 Å². The van der Waals surface area contributed by atoms with E-state index in [-0.39, 0.29) is 35.1 Å². The summed E-state index contributed by atoms with van der Waals surface area (Å²) in [5, 5.41) is 0. The molecule has 0 radical (unpaired) electrons. The topological polar surface area (TPSA) is 83.5 Å². The number of hydrogen-bond acceptors (Lipinski definition) is 6. The summed E-state index contributed by atoms with van der Waals surface area (Å²) in [6, 6.07) is 7.84. The molecule has 7 nitrogen and oxygen atoms in total. The lowest BCUT2D eigenvalue weighted by Gasteiger charge is -2.41. The van der Waals surface area contributed by atoms with Crippen molar-refractivity contribution in [3.8, 4) is 0 Å². The fourth-order valence-corrected chi connectivity index (χ4v) is 6.06. The molecule has 2 aromatic heterocycles. The van der Waals surface area contributed by atoms with Gasteiger partial charge in [-0.1, -0.05) is 6.07 Å². The summed E-state index contributed by atoms with van der Waals surface area (Å²) < 4.78 is 25.6. The van der Waals surface area contributed by atoms with Crippen molar-refractivity contribution in [2.45, 2.75) is 61.9 Å². The molecule has 1 aliphatic carbocycles. The van der Waals surface area contributed by atoms with Crippen LogP contribution in [-0.2, 0) is 14.6 Å². The normalized spacial score (nSPS) is 23.3. The molecular formula is C23H28N4O3S. The molecule has 8 heteroatoms. The quantitative estimate of drug-likeness (QED) is 0.687. The highest BCUT2D eigenvalue weighted by Crippen LogP contribution is 2.39. The summed E-state index contributed by atoms with van der Waals surface area (Å²) in [7, 11) is -3.50. The molecule has 4 heterocycles. The number of hydrogen-bond donors (Lipinski definition) is 0. The third kappa shape index (κ3) is 4.18. The first-order valence-corrected chi connectivity index (χ1v) is 12.7. The molecule has 2 saturated heterocycles. The molecule has 1 amide bonds. The Kier molecular flexibility index (Phi) is 5.20. The number of likely N-dealkylation sites (tertiary alicyclic amines) is 1. The maximum atomic E-state index is 12.9. The molecule has 3 aliphatic rings. The second kappa shape index (κ2) is 7.89. The van der Waals surface area contributed by atoms with Crippen molar-refractivity contribution in [3.63, 3.8) is 0 Å². The van der Waals surface area contributed by atoms with Crippen LogP contribution in [0.1, 0.15) is 49.3 Å². The summed E-state index contributed by atoms with van der Waals surface area (Å²) in [5.74, 6) is 1.13. The third-order valence-corrected chi connectivity index (χ3v) is 8.40. The van der Waals surface area contributed by atoms with Crippen LogP contribution in [0.4, 0.5) is 5.82 Å². The molecule has 3 fully saturated rings. The maximum absolute atomic E-state index is 12.9. The Hall–Kier alpha value is -2.48. The van der Waals surface area contributed by atoms with Gasteiger partial charge in [-0.2, -0.15) is 0 Å². The first kappa shape index (κ1) is 20.4. The van der Waals surface area contributed by atoms with Crippen LogP contribution in [-0.4, -0.2) is 60.1 Å². The van der Waals surface area contributed by atoms with Crippen molar-refractivity contribution >= 4 is 21.6 Å². The second-order valence-electron chi connectivity index (χ2n) is 9.04. The molecule has 164 valence electrons. The Morgan fingerprint density at radius 3 is 2.45 bits per heavy atom. The van der Waals surface area contributed by atoms with E-state index < -0.39 is 9.84 Å². The van der Waals surface area contributed by atoms with Crippen LogP contribution in [0, 0.1) is 6.92 Å². The van der Waals surface area contributed by atoms with E-state index in [4.69, 9.17) is 0 Å². The van der Waals surface area contributed by atoms with Gasteiger partial charge in [0.05, 0.1) is 10.6 Å². The van der Waals surface area contributed by atoms with Crippen molar-refractivity contribution < 1.29 is 13.2 Å². The number of rotatable bonds is 6. The molecule has 2 aliphatic heterocycles. The largest absolute Gasteiger partial charge is 0.347 e. The van der Waals surface area contributed by atoms with E-state index in [1.54, 1.807) is 18.3 Å². The Balaban J connectivity index is 1.22. The summed E-state index contributed by atoms with van der Waals surface area (Å²) in [4.78, 5) is 26.2. The van der Waals surface area contributed by atoms with E-state index >= 15 is 0 Å². The SMILES string of the molecule is Cc1ccc(N2C3CCC2CN(C(=O)CCS(=O)(=O)c2ccnc(C4CC4)c2)C3)nc1. The average Bonchev–Trinajstić information content (AvgIpc) is 3.58. The van der Waals surface area contributed by atoms with E-state index in [2.05, 4.69) is 27.0 Å².